The van der Waals surface area contributed by atoms with Crippen molar-refractivity contribution < 1.29 is 28.6 Å². The molecular weight excluding hydrogens is 829 g/mol. The molecule has 0 aliphatic rings. The molecule has 0 fully saturated rings. The van der Waals surface area contributed by atoms with E-state index in [1.54, 1.807) is 0 Å². The van der Waals surface area contributed by atoms with Gasteiger partial charge >= 0.3 is 17.9 Å². The minimum Gasteiger partial charge on any atom is -0.462 e. The first-order chi connectivity index (χ1) is 33.0. The molecule has 1 atom stereocenters. The molecule has 0 aliphatic carbocycles. The van der Waals surface area contributed by atoms with Crippen molar-refractivity contribution in [2.75, 3.05) is 13.2 Å². The molecule has 0 aromatic carbocycles. The van der Waals surface area contributed by atoms with Gasteiger partial charge in [-0.15, -0.1) is 0 Å². The number of rotatable bonds is 48. The SMILES string of the molecule is CC\C=C/C=C\C=C/CCCCCCCCCC(=O)OC(COC(=O)CCCCCCCC/C=C\C=C/CCCCC)COC(=O)CCCCCCCC/C=C\C/C=C\C/C=C\C/C=C\CC. The molecule has 0 N–H and O–H groups in total. The van der Waals surface area contributed by atoms with Gasteiger partial charge in [0.25, 0.3) is 0 Å². The lowest BCUT2D eigenvalue weighted by Gasteiger charge is -2.18. The fraction of sp³-hybridized carbons (Fsp3) is 0.656. The van der Waals surface area contributed by atoms with Gasteiger partial charge in [-0.3, -0.25) is 14.4 Å². The molecule has 0 aromatic heterocycles. The third kappa shape index (κ3) is 52.9. The van der Waals surface area contributed by atoms with E-state index in [1.807, 2.05) is 0 Å². The van der Waals surface area contributed by atoms with Gasteiger partial charge in [0.15, 0.2) is 6.10 Å². The summed E-state index contributed by atoms with van der Waals surface area (Å²) in [7, 11) is 0. The Balaban J connectivity index is 4.45. The number of hydrogen-bond donors (Lipinski definition) is 0. The molecular formula is C61H100O6. The summed E-state index contributed by atoms with van der Waals surface area (Å²) in [6.07, 6.45) is 73.5. The van der Waals surface area contributed by atoms with Crippen LogP contribution in [-0.2, 0) is 28.6 Å². The van der Waals surface area contributed by atoms with Crippen LogP contribution in [0, 0.1) is 0 Å². The van der Waals surface area contributed by atoms with E-state index < -0.39 is 6.10 Å². The number of carbonyl (C=O) groups is 3. The quantitative estimate of drug-likeness (QED) is 0.0199. The van der Waals surface area contributed by atoms with Crippen LogP contribution in [0.15, 0.2) is 109 Å². The van der Waals surface area contributed by atoms with Crippen molar-refractivity contribution in [1.82, 2.24) is 0 Å². The molecule has 6 nitrogen and oxygen atoms in total. The summed E-state index contributed by atoms with van der Waals surface area (Å²) < 4.78 is 16.8. The molecule has 0 radical (unpaired) electrons. The molecule has 0 spiro atoms. The number of carbonyl (C=O) groups excluding carboxylic acids is 3. The standard InChI is InChI=1S/C61H100O6/c1-4-7-10-13-16-19-22-25-28-29-30-31-34-36-39-42-45-48-51-54-60(63)66-57-58(67-61(64)55-52-49-46-43-40-37-33-27-24-21-18-15-12-9-6-3)56-65-59(62)53-50-47-44-41-38-35-32-26-23-20-17-14-11-8-5-2/h7,9-10,12,15-21,23-26,28,30-31,58H,4-6,8,11,13-14,22,27,29,32-57H2,1-3H3/b10-7-,12-9-,18-15-,19-16-,20-17-,24-21-,26-23-,28-25-,31-30-. The first kappa shape index (κ1) is 63.1. The minimum absolute atomic E-state index is 0.0956. The van der Waals surface area contributed by atoms with Crippen LogP contribution in [-0.4, -0.2) is 37.2 Å². The minimum atomic E-state index is -0.798. The van der Waals surface area contributed by atoms with E-state index in [2.05, 4.69) is 130 Å². The summed E-state index contributed by atoms with van der Waals surface area (Å²) in [6, 6.07) is 0. The van der Waals surface area contributed by atoms with E-state index in [0.717, 1.165) is 122 Å². The van der Waals surface area contributed by atoms with Crippen molar-refractivity contribution in [2.24, 2.45) is 0 Å². The van der Waals surface area contributed by atoms with Crippen molar-refractivity contribution in [1.29, 1.82) is 0 Å². The van der Waals surface area contributed by atoms with Gasteiger partial charge in [-0.25, -0.2) is 0 Å². The van der Waals surface area contributed by atoms with Crippen LogP contribution in [0.3, 0.4) is 0 Å². The van der Waals surface area contributed by atoms with E-state index in [4.69, 9.17) is 14.2 Å². The molecule has 67 heavy (non-hydrogen) atoms. The van der Waals surface area contributed by atoms with E-state index in [-0.39, 0.29) is 31.1 Å². The highest BCUT2D eigenvalue weighted by Crippen LogP contribution is 2.14. The van der Waals surface area contributed by atoms with Gasteiger partial charge in [0, 0.05) is 19.3 Å². The zero-order chi connectivity index (χ0) is 48.6. The summed E-state index contributed by atoms with van der Waals surface area (Å²) in [5.74, 6) is -0.934. The lowest BCUT2D eigenvalue weighted by atomic mass is 10.1. The summed E-state index contributed by atoms with van der Waals surface area (Å²) in [5, 5.41) is 0. The Hall–Kier alpha value is -3.93. The average molecular weight is 929 g/mol. The average Bonchev–Trinajstić information content (AvgIpc) is 3.33. The second-order valence-corrected chi connectivity index (χ2v) is 17.8. The third-order valence-electron chi connectivity index (χ3n) is 11.3. The predicted molar refractivity (Wildman–Crippen MR) is 288 cm³/mol. The molecule has 380 valence electrons. The largest absolute Gasteiger partial charge is 0.462 e. The Kier molecular flexibility index (Phi) is 51.5. The molecule has 0 heterocycles. The lowest BCUT2D eigenvalue weighted by Crippen LogP contribution is -2.30. The lowest BCUT2D eigenvalue weighted by molar-refractivity contribution is -0.167. The summed E-state index contributed by atoms with van der Waals surface area (Å²) in [5.41, 5.74) is 0. The third-order valence-corrected chi connectivity index (χ3v) is 11.3. The zero-order valence-electron chi connectivity index (χ0n) is 43.4. The topological polar surface area (TPSA) is 78.9 Å². The van der Waals surface area contributed by atoms with Gasteiger partial charge < -0.3 is 14.2 Å². The van der Waals surface area contributed by atoms with Crippen molar-refractivity contribution in [3.63, 3.8) is 0 Å². The van der Waals surface area contributed by atoms with Crippen LogP contribution >= 0.6 is 0 Å². The maximum Gasteiger partial charge on any atom is 0.306 e. The normalized spacial score (nSPS) is 12.9. The molecule has 0 bridgehead atoms. The summed E-state index contributed by atoms with van der Waals surface area (Å²) in [6.45, 7) is 6.33. The van der Waals surface area contributed by atoms with Crippen LogP contribution < -0.4 is 0 Å². The molecule has 0 saturated heterocycles. The number of allylic oxidation sites excluding steroid dienone is 18. The Morgan fingerprint density at radius 1 is 0.328 bits per heavy atom. The summed E-state index contributed by atoms with van der Waals surface area (Å²) >= 11 is 0. The van der Waals surface area contributed by atoms with E-state index >= 15 is 0 Å². The van der Waals surface area contributed by atoms with Crippen molar-refractivity contribution in [2.45, 2.75) is 245 Å². The predicted octanol–water partition coefficient (Wildman–Crippen LogP) is 18.3. The highest BCUT2D eigenvalue weighted by Gasteiger charge is 2.19. The molecule has 1 unspecified atom stereocenters. The molecule has 0 rings (SSSR count). The molecule has 0 amide bonds. The fourth-order valence-corrected chi connectivity index (χ4v) is 7.25. The van der Waals surface area contributed by atoms with Crippen molar-refractivity contribution in [3.05, 3.63) is 109 Å². The van der Waals surface area contributed by atoms with Gasteiger partial charge in [0.2, 0.25) is 0 Å². The first-order valence-corrected chi connectivity index (χ1v) is 27.4. The fourth-order valence-electron chi connectivity index (χ4n) is 7.25. The summed E-state index contributed by atoms with van der Waals surface area (Å²) in [4.78, 5) is 38.1. The Morgan fingerprint density at radius 2 is 0.657 bits per heavy atom. The van der Waals surface area contributed by atoms with Crippen LogP contribution in [0.25, 0.3) is 0 Å². The first-order valence-electron chi connectivity index (χ1n) is 27.4. The highest BCUT2D eigenvalue weighted by molar-refractivity contribution is 5.71. The highest BCUT2D eigenvalue weighted by atomic mass is 16.6. The monoisotopic (exact) mass is 929 g/mol. The molecule has 0 aliphatic heterocycles. The van der Waals surface area contributed by atoms with Crippen LogP contribution in [0.2, 0.25) is 0 Å². The van der Waals surface area contributed by atoms with E-state index in [0.29, 0.717) is 19.3 Å². The Labute approximate surface area is 412 Å². The second kappa shape index (κ2) is 54.7. The van der Waals surface area contributed by atoms with Crippen molar-refractivity contribution >= 4 is 17.9 Å². The van der Waals surface area contributed by atoms with Crippen LogP contribution in [0.1, 0.15) is 239 Å². The Morgan fingerprint density at radius 3 is 1.09 bits per heavy atom. The van der Waals surface area contributed by atoms with Gasteiger partial charge in [0.05, 0.1) is 0 Å². The Bertz CT molecular complexity index is 1390. The molecule has 0 saturated carbocycles. The van der Waals surface area contributed by atoms with E-state index in [9.17, 15) is 14.4 Å². The van der Waals surface area contributed by atoms with Gasteiger partial charge in [-0.1, -0.05) is 226 Å². The number of hydrogen-bond acceptors (Lipinski definition) is 6. The molecule has 0 aromatic rings. The number of unbranched alkanes of at least 4 members (excludes halogenated alkanes) is 22. The second-order valence-electron chi connectivity index (χ2n) is 17.8. The van der Waals surface area contributed by atoms with E-state index in [1.165, 1.54) is 77.0 Å². The van der Waals surface area contributed by atoms with Crippen molar-refractivity contribution in [3.8, 4) is 0 Å². The van der Waals surface area contributed by atoms with Gasteiger partial charge in [0.1, 0.15) is 13.2 Å². The maximum absolute atomic E-state index is 12.8. The van der Waals surface area contributed by atoms with Crippen LogP contribution in [0.4, 0.5) is 0 Å². The van der Waals surface area contributed by atoms with Gasteiger partial charge in [-0.05, 0) is 103 Å². The van der Waals surface area contributed by atoms with Gasteiger partial charge in [-0.2, -0.15) is 0 Å². The zero-order valence-corrected chi connectivity index (χ0v) is 43.4. The van der Waals surface area contributed by atoms with Crippen LogP contribution in [0.5, 0.6) is 0 Å². The maximum atomic E-state index is 12.8. The smallest absolute Gasteiger partial charge is 0.306 e. The number of ether oxygens (including phenoxy) is 3. The molecule has 6 heteroatoms. The number of esters is 3.